The van der Waals surface area contributed by atoms with Gasteiger partial charge in [-0.1, -0.05) is 36.4 Å². The third-order valence-corrected chi connectivity index (χ3v) is 5.29. The van der Waals surface area contributed by atoms with E-state index >= 15 is 0 Å². The molecular formula is C23H22FN5O2. The van der Waals surface area contributed by atoms with Gasteiger partial charge in [-0.2, -0.15) is 0 Å². The van der Waals surface area contributed by atoms with Crippen LogP contribution in [0.4, 0.5) is 10.2 Å². The quantitative estimate of drug-likeness (QED) is 0.589. The number of carbonyl (C=O) groups excluding carboxylic acids is 2. The largest absolute Gasteiger partial charge is 0.382 e. The molecule has 1 atom stereocenters. The van der Waals surface area contributed by atoms with Crippen LogP contribution in [0.2, 0.25) is 0 Å². The van der Waals surface area contributed by atoms with Crippen molar-refractivity contribution in [1.29, 1.82) is 0 Å². The molecule has 2 heterocycles. The average molecular weight is 419 g/mol. The normalized spacial score (nSPS) is 15.9. The van der Waals surface area contributed by atoms with Crippen LogP contribution < -0.4 is 16.4 Å². The molecule has 2 aromatic carbocycles. The molecule has 3 aromatic rings. The van der Waals surface area contributed by atoms with Crippen molar-refractivity contribution in [2.45, 2.75) is 25.3 Å². The van der Waals surface area contributed by atoms with Gasteiger partial charge in [0.1, 0.15) is 17.3 Å². The highest BCUT2D eigenvalue weighted by molar-refractivity contribution is 5.95. The summed E-state index contributed by atoms with van der Waals surface area (Å²) in [6.07, 6.45) is 2.68. The van der Waals surface area contributed by atoms with Gasteiger partial charge in [0.05, 0.1) is 17.5 Å². The number of nitrogen functional groups attached to an aromatic ring is 1. The van der Waals surface area contributed by atoms with Crippen molar-refractivity contribution in [3.8, 4) is 11.3 Å². The van der Waals surface area contributed by atoms with Crippen LogP contribution in [0.1, 0.15) is 40.4 Å². The molecule has 4 rings (SSSR count). The number of benzene rings is 2. The molecule has 158 valence electrons. The standard InChI is InChI=1S/C23H22FN5O2/c24-18-10-15(6-8-17(18)23(31)28-11-14-4-2-1-3-5-14)21-22(25)27-13-19(29-21)16-7-9-20(30)26-12-16/h1-6,8,10,13,16H,7,9,11-12H2,(H2,25,27)(H,26,30)(H,28,31). The van der Waals surface area contributed by atoms with Gasteiger partial charge in [-0.25, -0.2) is 14.4 Å². The Morgan fingerprint density at radius 1 is 1.23 bits per heavy atom. The van der Waals surface area contributed by atoms with E-state index in [2.05, 4.69) is 20.6 Å². The van der Waals surface area contributed by atoms with Gasteiger partial charge < -0.3 is 16.4 Å². The van der Waals surface area contributed by atoms with Crippen molar-refractivity contribution in [1.82, 2.24) is 20.6 Å². The Morgan fingerprint density at radius 2 is 2.03 bits per heavy atom. The molecule has 0 aliphatic carbocycles. The lowest BCUT2D eigenvalue weighted by Crippen LogP contribution is -2.34. The van der Waals surface area contributed by atoms with Crippen molar-refractivity contribution >= 4 is 17.6 Å². The van der Waals surface area contributed by atoms with Gasteiger partial charge in [0, 0.05) is 31.0 Å². The van der Waals surface area contributed by atoms with Gasteiger partial charge in [-0.3, -0.25) is 9.59 Å². The summed E-state index contributed by atoms with van der Waals surface area (Å²) in [7, 11) is 0. The fourth-order valence-corrected chi connectivity index (χ4v) is 3.53. The summed E-state index contributed by atoms with van der Waals surface area (Å²) in [4.78, 5) is 32.6. The summed E-state index contributed by atoms with van der Waals surface area (Å²) >= 11 is 0. The molecule has 0 radical (unpaired) electrons. The van der Waals surface area contributed by atoms with Gasteiger partial charge in [0.25, 0.3) is 5.91 Å². The molecule has 1 saturated heterocycles. The lowest BCUT2D eigenvalue weighted by Gasteiger charge is -2.22. The molecule has 0 spiro atoms. The van der Waals surface area contributed by atoms with Crippen molar-refractivity contribution in [3.05, 3.63) is 77.4 Å². The monoisotopic (exact) mass is 419 g/mol. The summed E-state index contributed by atoms with van der Waals surface area (Å²) in [6.45, 7) is 0.783. The summed E-state index contributed by atoms with van der Waals surface area (Å²) in [6, 6.07) is 13.7. The molecule has 31 heavy (non-hydrogen) atoms. The van der Waals surface area contributed by atoms with Crippen molar-refractivity contribution in [3.63, 3.8) is 0 Å². The first-order valence-electron chi connectivity index (χ1n) is 10.0. The molecule has 4 N–H and O–H groups in total. The molecule has 2 amide bonds. The molecule has 1 unspecified atom stereocenters. The second-order valence-corrected chi connectivity index (χ2v) is 7.43. The Labute approximate surface area is 178 Å². The summed E-state index contributed by atoms with van der Waals surface area (Å²) in [5.41, 5.74) is 8.33. The van der Waals surface area contributed by atoms with Crippen LogP contribution >= 0.6 is 0 Å². The van der Waals surface area contributed by atoms with Crippen LogP contribution in [0.5, 0.6) is 0 Å². The number of piperidine rings is 1. The van der Waals surface area contributed by atoms with Crippen LogP contribution in [0.25, 0.3) is 11.3 Å². The maximum absolute atomic E-state index is 14.7. The second-order valence-electron chi connectivity index (χ2n) is 7.43. The zero-order chi connectivity index (χ0) is 21.8. The fourth-order valence-electron chi connectivity index (χ4n) is 3.53. The first-order valence-corrected chi connectivity index (χ1v) is 10.0. The molecule has 7 nitrogen and oxygen atoms in total. The molecule has 1 aliphatic rings. The highest BCUT2D eigenvalue weighted by atomic mass is 19.1. The van der Waals surface area contributed by atoms with Crippen LogP contribution in [0.15, 0.2) is 54.7 Å². The maximum Gasteiger partial charge on any atom is 0.254 e. The number of halogens is 1. The van der Waals surface area contributed by atoms with E-state index in [-0.39, 0.29) is 23.2 Å². The molecule has 8 heteroatoms. The van der Waals surface area contributed by atoms with Crippen LogP contribution in [-0.4, -0.2) is 28.3 Å². The number of hydrogen-bond donors (Lipinski definition) is 3. The summed E-state index contributed by atoms with van der Waals surface area (Å²) in [5.74, 6) is -0.956. The highest BCUT2D eigenvalue weighted by Gasteiger charge is 2.22. The summed E-state index contributed by atoms with van der Waals surface area (Å²) < 4.78 is 14.7. The van der Waals surface area contributed by atoms with Crippen molar-refractivity contribution < 1.29 is 14.0 Å². The number of amides is 2. The Balaban J connectivity index is 1.52. The van der Waals surface area contributed by atoms with E-state index in [1.807, 2.05) is 30.3 Å². The molecule has 1 aromatic heterocycles. The fraction of sp³-hybridized carbons (Fsp3) is 0.217. The lowest BCUT2D eigenvalue weighted by molar-refractivity contribution is -0.122. The van der Waals surface area contributed by atoms with E-state index in [1.54, 1.807) is 12.3 Å². The van der Waals surface area contributed by atoms with Gasteiger partial charge >= 0.3 is 0 Å². The first kappa shape index (κ1) is 20.5. The third kappa shape index (κ3) is 4.69. The Kier molecular flexibility index (Phi) is 5.88. The number of rotatable bonds is 5. The Bertz CT molecular complexity index is 1110. The zero-order valence-electron chi connectivity index (χ0n) is 16.8. The van der Waals surface area contributed by atoms with E-state index in [9.17, 15) is 14.0 Å². The van der Waals surface area contributed by atoms with E-state index < -0.39 is 11.7 Å². The number of aromatic nitrogens is 2. The molecule has 0 bridgehead atoms. The van der Waals surface area contributed by atoms with Gasteiger partial charge in [-0.05, 0) is 24.1 Å². The van der Waals surface area contributed by atoms with Gasteiger partial charge in [0.2, 0.25) is 5.91 Å². The number of nitrogens with one attached hydrogen (secondary N) is 2. The predicted octanol–water partition coefficient (Wildman–Crippen LogP) is 2.79. The number of carbonyl (C=O) groups is 2. The predicted molar refractivity (Wildman–Crippen MR) is 114 cm³/mol. The Morgan fingerprint density at radius 3 is 2.74 bits per heavy atom. The van der Waals surface area contributed by atoms with Crippen molar-refractivity contribution in [2.24, 2.45) is 0 Å². The number of anilines is 1. The molecule has 1 aliphatic heterocycles. The average Bonchev–Trinajstić information content (AvgIpc) is 2.79. The van der Waals surface area contributed by atoms with Crippen LogP contribution in [-0.2, 0) is 11.3 Å². The van der Waals surface area contributed by atoms with E-state index in [4.69, 9.17) is 5.73 Å². The number of hydrogen-bond acceptors (Lipinski definition) is 5. The van der Waals surface area contributed by atoms with E-state index in [0.29, 0.717) is 42.9 Å². The smallest absolute Gasteiger partial charge is 0.254 e. The zero-order valence-corrected chi connectivity index (χ0v) is 16.8. The molecule has 1 fully saturated rings. The minimum Gasteiger partial charge on any atom is -0.382 e. The third-order valence-electron chi connectivity index (χ3n) is 5.29. The maximum atomic E-state index is 14.7. The SMILES string of the molecule is Nc1ncc(C2CCC(=O)NC2)nc1-c1ccc(C(=O)NCc2ccccc2)c(F)c1. The lowest BCUT2D eigenvalue weighted by atomic mass is 9.96. The van der Waals surface area contributed by atoms with E-state index in [0.717, 1.165) is 5.56 Å². The molecular weight excluding hydrogens is 397 g/mol. The van der Waals surface area contributed by atoms with Crippen LogP contribution in [0.3, 0.4) is 0 Å². The van der Waals surface area contributed by atoms with Gasteiger partial charge in [0.15, 0.2) is 0 Å². The highest BCUT2D eigenvalue weighted by Crippen LogP contribution is 2.28. The topological polar surface area (TPSA) is 110 Å². The minimum atomic E-state index is -0.667. The number of nitrogens with zero attached hydrogens (tertiary/aromatic N) is 2. The summed E-state index contributed by atoms with van der Waals surface area (Å²) in [5, 5.41) is 5.53. The van der Waals surface area contributed by atoms with Crippen molar-refractivity contribution in [2.75, 3.05) is 12.3 Å². The Hall–Kier alpha value is -3.81. The van der Waals surface area contributed by atoms with Crippen LogP contribution in [0, 0.1) is 5.82 Å². The van der Waals surface area contributed by atoms with E-state index in [1.165, 1.54) is 12.1 Å². The number of nitrogens with two attached hydrogens (primary N) is 1. The first-order chi connectivity index (χ1) is 15.0. The molecule has 0 saturated carbocycles. The second kappa shape index (κ2) is 8.91. The minimum absolute atomic E-state index is 0.0167. The van der Waals surface area contributed by atoms with Gasteiger partial charge in [-0.15, -0.1) is 0 Å².